The topological polar surface area (TPSA) is 71.4 Å². The lowest BCUT2D eigenvalue weighted by molar-refractivity contribution is 0.906. The summed E-state index contributed by atoms with van der Waals surface area (Å²) in [6.45, 7) is 0. The summed E-state index contributed by atoms with van der Waals surface area (Å²) in [7, 11) is 0. The quantitative estimate of drug-likeness (QED) is 0.723. The minimum Gasteiger partial charge on any atom is -0.198 e. The lowest BCUT2D eigenvalue weighted by Gasteiger charge is -2.11. The van der Waals surface area contributed by atoms with Gasteiger partial charge in [-0.2, -0.15) is 15.8 Å². The standard InChI is InChI=1S/C11H7N3S/c12-6-10(11(7-13)15-8-14)9-4-2-1-3-5-9/h1-5,10-11H. The zero-order valence-electron chi connectivity index (χ0n) is 7.79. The third-order valence-electron chi connectivity index (χ3n) is 1.91. The minimum absolute atomic E-state index is 0.555. The van der Waals surface area contributed by atoms with Crippen molar-refractivity contribution >= 4 is 11.8 Å². The van der Waals surface area contributed by atoms with Crippen LogP contribution in [0.3, 0.4) is 0 Å². The normalized spacial score (nSPS) is 12.9. The van der Waals surface area contributed by atoms with Crippen molar-refractivity contribution in [2.75, 3.05) is 0 Å². The Labute approximate surface area is 92.6 Å². The van der Waals surface area contributed by atoms with Crippen molar-refractivity contribution in [3.63, 3.8) is 0 Å². The molecule has 15 heavy (non-hydrogen) atoms. The molecule has 0 aliphatic heterocycles. The number of nitriles is 3. The number of thiocyanates is 1. The van der Waals surface area contributed by atoms with Gasteiger partial charge in [0.2, 0.25) is 0 Å². The van der Waals surface area contributed by atoms with E-state index in [9.17, 15) is 0 Å². The van der Waals surface area contributed by atoms with E-state index in [4.69, 9.17) is 15.8 Å². The first-order valence-corrected chi connectivity index (χ1v) is 5.10. The van der Waals surface area contributed by atoms with Gasteiger partial charge >= 0.3 is 0 Å². The summed E-state index contributed by atoms with van der Waals surface area (Å²) in [5, 5.41) is 27.6. The van der Waals surface area contributed by atoms with Crippen molar-refractivity contribution in [2.45, 2.75) is 11.2 Å². The molecule has 0 fully saturated rings. The number of thioether (sulfide) groups is 1. The van der Waals surface area contributed by atoms with Crippen molar-refractivity contribution in [1.82, 2.24) is 0 Å². The first-order chi connectivity index (χ1) is 7.33. The summed E-state index contributed by atoms with van der Waals surface area (Å²) in [6, 6.07) is 13.1. The molecule has 72 valence electrons. The summed E-state index contributed by atoms with van der Waals surface area (Å²) >= 11 is 0.826. The Balaban J connectivity index is 2.96. The van der Waals surface area contributed by atoms with Gasteiger partial charge in [0.1, 0.15) is 10.7 Å². The molecule has 3 nitrogen and oxygen atoms in total. The van der Waals surface area contributed by atoms with Crippen molar-refractivity contribution in [2.24, 2.45) is 0 Å². The molecular weight excluding hydrogens is 206 g/mol. The second-order valence-electron chi connectivity index (χ2n) is 2.78. The first kappa shape index (κ1) is 11.1. The molecule has 0 aromatic heterocycles. The number of nitrogens with zero attached hydrogens (tertiary/aromatic N) is 3. The number of hydrogen-bond acceptors (Lipinski definition) is 4. The fourth-order valence-corrected chi connectivity index (χ4v) is 1.72. The molecule has 0 aliphatic carbocycles. The summed E-state index contributed by atoms with van der Waals surface area (Å²) in [5.74, 6) is -0.555. The average molecular weight is 213 g/mol. The third kappa shape index (κ3) is 2.74. The van der Waals surface area contributed by atoms with Gasteiger partial charge in [-0.1, -0.05) is 30.3 Å². The van der Waals surface area contributed by atoms with E-state index < -0.39 is 11.2 Å². The molecular formula is C11H7N3S. The van der Waals surface area contributed by atoms with Gasteiger partial charge in [0, 0.05) is 0 Å². The van der Waals surface area contributed by atoms with Gasteiger partial charge in [-0.3, -0.25) is 0 Å². The predicted molar refractivity (Wildman–Crippen MR) is 57.4 cm³/mol. The molecule has 1 aromatic carbocycles. The third-order valence-corrected chi connectivity index (χ3v) is 2.64. The van der Waals surface area contributed by atoms with E-state index in [0.29, 0.717) is 0 Å². The highest BCUT2D eigenvalue weighted by Gasteiger charge is 2.23. The molecule has 0 heterocycles. The van der Waals surface area contributed by atoms with Crippen LogP contribution in [0.2, 0.25) is 0 Å². The van der Waals surface area contributed by atoms with Crippen LogP contribution in [-0.2, 0) is 0 Å². The van der Waals surface area contributed by atoms with E-state index in [1.54, 1.807) is 12.1 Å². The Morgan fingerprint density at radius 1 is 1.00 bits per heavy atom. The Morgan fingerprint density at radius 3 is 2.13 bits per heavy atom. The van der Waals surface area contributed by atoms with Gasteiger partial charge in [0.25, 0.3) is 0 Å². The molecule has 2 unspecified atom stereocenters. The van der Waals surface area contributed by atoms with Gasteiger partial charge in [0.05, 0.1) is 18.1 Å². The second kappa shape index (κ2) is 5.70. The van der Waals surface area contributed by atoms with Crippen LogP contribution in [0.25, 0.3) is 0 Å². The van der Waals surface area contributed by atoms with E-state index in [2.05, 4.69) is 6.07 Å². The van der Waals surface area contributed by atoms with E-state index in [-0.39, 0.29) is 0 Å². The van der Waals surface area contributed by atoms with Crippen LogP contribution in [0.1, 0.15) is 11.5 Å². The molecule has 0 N–H and O–H groups in total. The van der Waals surface area contributed by atoms with Crippen LogP contribution in [0, 0.1) is 33.3 Å². The molecule has 0 aliphatic rings. The molecule has 4 heteroatoms. The summed E-state index contributed by atoms with van der Waals surface area (Å²) < 4.78 is 0. The van der Waals surface area contributed by atoms with Gasteiger partial charge in [-0.05, 0) is 17.3 Å². The van der Waals surface area contributed by atoms with E-state index in [1.165, 1.54) is 0 Å². The Hall–Kier alpha value is -1.96. The fraction of sp³-hybridized carbons (Fsp3) is 0.182. The van der Waals surface area contributed by atoms with Crippen LogP contribution in [0.4, 0.5) is 0 Å². The molecule has 0 radical (unpaired) electrons. The minimum atomic E-state index is -0.637. The fourth-order valence-electron chi connectivity index (χ4n) is 1.20. The lowest BCUT2D eigenvalue weighted by atomic mass is 9.98. The SMILES string of the molecule is N#CSC(C#N)C(C#N)c1ccccc1. The van der Waals surface area contributed by atoms with Crippen molar-refractivity contribution < 1.29 is 0 Å². The molecule has 1 rings (SSSR count). The zero-order chi connectivity index (χ0) is 11.1. The number of hydrogen-bond donors (Lipinski definition) is 0. The molecule has 0 saturated carbocycles. The van der Waals surface area contributed by atoms with Gasteiger partial charge in [-0.25, -0.2) is 0 Å². The highest BCUT2D eigenvalue weighted by Crippen LogP contribution is 2.27. The molecule has 0 spiro atoms. The maximum Gasteiger partial charge on any atom is 0.134 e. The zero-order valence-corrected chi connectivity index (χ0v) is 8.61. The average Bonchev–Trinajstić information content (AvgIpc) is 2.30. The van der Waals surface area contributed by atoms with Gasteiger partial charge in [-0.15, -0.1) is 0 Å². The first-order valence-electron chi connectivity index (χ1n) is 4.22. The van der Waals surface area contributed by atoms with Crippen LogP contribution >= 0.6 is 11.8 Å². The predicted octanol–water partition coefficient (Wildman–Crippen LogP) is 2.40. The van der Waals surface area contributed by atoms with Crippen LogP contribution in [-0.4, -0.2) is 5.25 Å². The Bertz CT molecular complexity index is 436. The van der Waals surface area contributed by atoms with Gasteiger partial charge in [0.15, 0.2) is 0 Å². The van der Waals surface area contributed by atoms with Crippen molar-refractivity contribution in [1.29, 1.82) is 15.8 Å². The van der Waals surface area contributed by atoms with Crippen molar-refractivity contribution in [3.05, 3.63) is 35.9 Å². The maximum atomic E-state index is 8.98. The monoisotopic (exact) mass is 213 g/mol. The Morgan fingerprint density at radius 2 is 1.67 bits per heavy atom. The van der Waals surface area contributed by atoms with Gasteiger partial charge < -0.3 is 0 Å². The highest BCUT2D eigenvalue weighted by atomic mass is 32.2. The summed E-state index contributed by atoms with van der Waals surface area (Å²) in [4.78, 5) is 0. The smallest absolute Gasteiger partial charge is 0.134 e. The Kier molecular flexibility index (Phi) is 4.23. The van der Waals surface area contributed by atoms with Crippen LogP contribution in [0.15, 0.2) is 30.3 Å². The molecule has 0 bridgehead atoms. The van der Waals surface area contributed by atoms with E-state index >= 15 is 0 Å². The maximum absolute atomic E-state index is 8.98. The van der Waals surface area contributed by atoms with Crippen LogP contribution in [0.5, 0.6) is 0 Å². The number of rotatable bonds is 3. The van der Waals surface area contributed by atoms with Crippen molar-refractivity contribution in [3.8, 4) is 17.5 Å². The van der Waals surface area contributed by atoms with Crippen LogP contribution < -0.4 is 0 Å². The van der Waals surface area contributed by atoms with E-state index in [1.807, 2.05) is 29.7 Å². The lowest BCUT2D eigenvalue weighted by Crippen LogP contribution is -2.11. The summed E-state index contributed by atoms with van der Waals surface area (Å²) in [5.41, 5.74) is 0.773. The molecule has 2 atom stereocenters. The molecule has 1 aromatic rings. The van der Waals surface area contributed by atoms with E-state index in [0.717, 1.165) is 17.3 Å². The molecule has 0 amide bonds. The molecule has 0 saturated heterocycles. The summed E-state index contributed by atoms with van der Waals surface area (Å²) in [6.07, 6.45) is 0. The highest BCUT2D eigenvalue weighted by molar-refractivity contribution is 8.04. The largest absolute Gasteiger partial charge is 0.198 e. The number of benzene rings is 1. The second-order valence-corrected chi connectivity index (χ2v) is 3.70.